The zero-order valence-electron chi connectivity index (χ0n) is 93.4. The van der Waals surface area contributed by atoms with Gasteiger partial charge in [-0.2, -0.15) is 0 Å². The first-order valence-electron chi connectivity index (χ1n) is 55.0. The SMILES string of the molecule is CC(C)(C)NS(=O)(=O)c1ccc(-c2nc(C(=O)NC3CC(OC=O)C3)nn2CC2CCCCC2)cc1C(C)(C)C.CC(C)(C)NS(=O)(=O)c1ccc(-c2nc(C(=O)NC3CCOCC3)nn2CC2CCCCC2)cc1C(C)(C)C.CC(C)(C)c1cc(-c2nc(C(=O)NC3CC(C(=O)O)C3)nn2CC2CCCCC2)cc(C2(C)CC2)c1.Cc1c(C(C)(C)C)cc(-c2nc(C(=O)NC[C@H](C)O)nn2CC2CCCCC2)cc1C(C)(C)C. The van der Waals surface area contributed by atoms with E-state index in [1.54, 1.807) is 31.2 Å². The summed E-state index contributed by atoms with van der Waals surface area (Å²) < 4.78 is 77.0. The zero-order chi connectivity index (χ0) is 109. The number of hydrogen-bond donors (Lipinski definition) is 8. The van der Waals surface area contributed by atoms with E-state index >= 15 is 0 Å². The molecule has 0 spiro atoms. The fraction of sp³-hybridized carbons (Fsp3) is 0.670. The molecule has 4 amide bonds. The molecule has 8 N–H and O–H groups in total. The number of carboxylic acid groups (broad SMARTS) is 1. The van der Waals surface area contributed by atoms with Crippen molar-refractivity contribution in [2.45, 2.75) is 456 Å². The van der Waals surface area contributed by atoms with Crippen molar-refractivity contribution in [2.75, 3.05) is 19.8 Å². The topological polar surface area (TPSA) is 425 Å². The summed E-state index contributed by atoms with van der Waals surface area (Å²) in [6.45, 7) is 54.0. The van der Waals surface area contributed by atoms with Crippen molar-refractivity contribution in [1.29, 1.82) is 0 Å². The van der Waals surface area contributed by atoms with Gasteiger partial charge in [-0.1, -0.05) is 194 Å². The number of sulfonamides is 2. The summed E-state index contributed by atoms with van der Waals surface area (Å²) in [5, 5.41) is 49.2. The Hall–Kier alpha value is -10.0. The van der Waals surface area contributed by atoms with Crippen molar-refractivity contribution in [3.8, 4) is 45.6 Å². The molecule has 4 aromatic heterocycles. The van der Waals surface area contributed by atoms with Crippen LogP contribution in [0.3, 0.4) is 0 Å². The highest BCUT2D eigenvalue weighted by atomic mass is 32.2. The summed E-state index contributed by atoms with van der Waals surface area (Å²) >= 11 is 0. The van der Waals surface area contributed by atoms with Gasteiger partial charge in [-0.15, -0.1) is 20.4 Å². The van der Waals surface area contributed by atoms with Gasteiger partial charge >= 0.3 is 5.97 Å². The third-order valence-corrected chi connectivity index (χ3v) is 34.0. The lowest BCUT2D eigenvalue weighted by molar-refractivity contribution is -0.145. The van der Waals surface area contributed by atoms with Crippen molar-refractivity contribution in [1.82, 2.24) is 89.8 Å². The third kappa shape index (κ3) is 31.4. The number of rotatable bonds is 29. The Labute approximate surface area is 885 Å². The second-order valence-electron chi connectivity index (χ2n) is 51.3. The van der Waals surface area contributed by atoms with E-state index in [-0.39, 0.29) is 115 Å². The lowest BCUT2D eigenvalue weighted by Gasteiger charge is -2.33. The monoisotopic (exact) mass is 2090 g/mol. The lowest BCUT2D eigenvalue weighted by Crippen LogP contribution is -2.48. The first kappa shape index (κ1) is 116. The minimum absolute atomic E-state index is 0.00462. The molecule has 32 nitrogen and oxygen atoms in total. The number of nitrogens with one attached hydrogen (secondary N) is 6. The zero-order valence-corrected chi connectivity index (χ0v) is 95.1. The van der Waals surface area contributed by atoms with E-state index < -0.39 is 54.0 Å². The molecule has 8 fully saturated rings. The Morgan fingerprint density at radius 3 is 1.09 bits per heavy atom. The quantitative estimate of drug-likeness (QED) is 0.0202. The molecule has 0 radical (unpaired) electrons. The van der Waals surface area contributed by atoms with Gasteiger partial charge in [0.2, 0.25) is 43.3 Å². The van der Waals surface area contributed by atoms with Crippen LogP contribution in [0.1, 0.15) is 420 Å². The Kier molecular flexibility index (Phi) is 37.2. The molecule has 1 saturated heterocycles. The van der Waals surface area contributed by atoms with Gasteiger partial charge < -0.3 is 41.0 Å². The molecule has 0 unspecified atom stereocenters. The normalized spacial score (nSPS) is 19.8. The minimum Gasteiger partial charge on any atom is -0.481 e. The molecule has 7 saturated carbocycles. The van der Waals surface area contributed by atoms with Gasteiger partial charge in [-0.25, -0.2) is 64.9 Å². The number of aliphatic hydroxyl groups excluding tert-OH is 1. The number of aliphatic hydroxyl groups is 1. The first-order valence-corrected chi connectivity index (χ1v) is 57.9. The average Bonchev–Trinajstić information content (AvgIpc) is 1.64. The Morgan fingerprint density at radius 1 is 0.436 bits per heavy atom. The molecule has 0 bridgehead atoms. The standard InChI is InChI=1S/C29H43N5O5S.C29H45N5O4S.C29H40N4O3.C28H44N4O2/c1-28(2,3)23-14-20(12-13-24(23)40(37,38)33-29(4,5)6)26-31-25(27(36)30-21-15-22(16-21)39-18-35)32-34(26)17-19-10-8-7-9-11-19;1-28(2,3)23-18-21(12-13-24(23)39(36,37)33-29(4,5)6)26-31-25(27(35)30-22-14-16-38-17-15-22)32-34(26)19-20-10-8-7-9-11-20;1-28(2,3)21-12-19(13-22(16-21)29(4)10-11-29)25-31-24(26(34)30-23-14-20(15-23)27(35)36)32-33(25)17-18-8-6-5-7-9-18;1-18(33)16-29-26(34)24-30-25(32(31-24)17-20-12-10-9-11-13-20)21-14-22(27(3,4)5)19(2)23(15-21)28(6,7)8/h12-14,18-19,21-22,33H,7-11,15-17H2,1-6H3,(H,30,36);12-13,18,20,22,33H,7-11,14-17,19H2,1-6H3,(H,30,35);12-13,16,18,20,23H,5-11,14-15,17H2,1-4H3,(H,30,34)(H,35,36);14-15,18,20,33H,9-13,16-17H2,1-8H3,(H,29,34)/t;;;18-/m...0/s1. The second kappa shape index (κ2) is 47.7. The fourth-order valence-corrected chi connectivity index (χ4v) is 25.2. The highest BCUT2D eigenvalue weighted by molar-refractivity contribution is 7.90. The maximum atomic E-state index is 13.4. The van der Waals surface area contributed by atoms with E-state index in [4.69, 9.17) is 34.6 Å². The van der Waals surface area contributed by atoms with Gasteiger partial charge in [0.1, 0.15) is 6.10 Å². The van der Waals surface area contributed by atoms with Crippen LogP contribution in [-0.2, 0) is 97.8 Å². The molecule has 149 heavy (non-hydrogen) atoms. The maximum Gasteiger partial charge on any atom is 0.306 e. The molecule has 34 heteroatoms. The lowest BCUT2D eigenvalue weighted by atomic mass is 9.75. The van der Waals surface area contributed by atoms with Crippen LogP contribution in [0.15, 0.2) is 76.5 Å². The number of aromatic nitrogens is 12. The van der Waals surface area contributed by atoms with Gasteiger partial charge in [-0.05, 0) is 301 Å². The summed E-state index contributed by atoms with van der Waals surface area (Å²) in [5.41, 5.74) is 9.39. The predicted octanol–water partition coefficient (Wildman–Crippen LogP) is 20.1. The molecule has 5 heterocycles. The summed E-state index contributed by atoms with van der Waals surface area (Å²) in [6, 6.07) is 21.7. The molecule has 8 aliphatic rings. The van der Waals surface area contributed by atoms with Gasteiger partial charge in [0.05, 0.1) is 21.8 Å². The van der Waals surface area contributed by atoms with E-state index in [0.29, 0.717) is 110 Å². The minimum atomic E-state index is -3.78. The van der Waals surface area contributed by atoms with E-state index in [9.17, 15) is 50.7 Å². The number of amides is 4. The predicted molar refractivity (Wildman–Crippen MR) is 581 cm³/mol. The van der Waals surface area contributed by atoms with E-state index in [1.807, 2.05) is 114 Å². The van der Waals surface area contributed by atoms with E-state index in [2.05, 4.69) is 157 Å². The number of benzene rings is 4. The van der Waals surface area contributed by atoms with Crippen molar-refractivity contribution >= 4 is 56.1 Å². The van der Waals surface area contributed by atoms with E-state index in [0.717, 1.165) is 80.0 Å². The fourth-order valence-electron chi connectivity index (χ4n) is 21.6. The van der Waals surface area contributed by atoms with Crippen LogP contribution < -0.4 is 30.7 Å². The molecule has 1 atom stereocenters. The van der Waals surface area contributed by atoms with Crippen LogP contribution in [0.2, 0.25) is 0 Å². The molecule has 16 rings (SSSR count). The molecule has 4 aromatic carbocycles. The largest absolute Gasteiger partial charge is 0.481 e. The number of aliphatic carboxylic acids is 1. The Balaban J connectivity index is 0.000000166. The van der Waals surface area contributed by atoms with Crippen molar-refractivity contribution < 1.29 is 65.3 Å². The first-order chi connectivity index (χ1) is 69.7. The summed E-state index contributed by atoms with van der Waals surface area (Å²) in [4.78, 5) is 93.3. The second-order valence-corrected chi connectivity index (χ2v) is 54.6. The number of carbonyl (C=O) groups is 6. The molecular formula is C115H172N18O14S2. The molecular weight excluding hydrogens is 1920 g/mol. The smallest absolute Gasteiger partial charge is 0.306 e. The summed E-state index contributed by atoms with van der Waals surface area (Å²) in [7, 11) is -7.53. The highest BCUT2D eigenvalue weighted by Crippen LogP contribution is 2.50. The average molecular weight is 2090 g/mol. The van der Waals surface area contributed by atoms with Crippen molar-refractivity contribution in [2.24, 2.45) is 29.6 Å². The Bertz CT molecular complexity index is 6180. The van der Waals surface area contributed by atoms with Crippen LogP contribution >= 0.6 is 0 Å². The van der Waals surface area contributed by atoms with Crippen molar-refractivity contribution in [3.63, 3.8) is 0 Å². The maximum absolute atomic E-state index is 13.4. The molecule has 1 aliphatic heterocycles. The van der Waals surface area contributed by atoms with Crippen LogP contribution in [0.25, 0.3) is 45.6 Å². The van der Waals surface area contributed by atoms with Crippen LogP contribution in [-0.4, -0.2) is 183 Å². The van der Waals surface area contributed by atoms with Crippen molar-refractivity contribution in [3.05, 3.63) is 129 Å². The van der Waals surface area contributed by atoms with Crippen LogP contribution in [0.5, 0.6) is 0 Å². The number of ether oxygens (including phenoxy) is 2. The summed E-state index contributed by atoms with van der Waals surface area (Å²) in [6.07, 6.45) is 29.3. The highest BCUT2D eigenvalue weighted by Gasteiger charge is 2.43. The van der Waals surface area contributed by atoms with Gasteiger partial charge in [0, 0.05) is 110 Å². The number of hydrogen-bond acceptors (Lipinski definition) is 21. The molecule has 8 aromatic rings. The van der Waals surface area contributed by atoms with Crippen LogP contribution in [0, 0.1) is 36.5 Å². The van der Waals surface area contributed by atoms with Crippen LogP contribution in [0.4, 0.5) is 0 Å². The Morgan fingerprint density at radius 2 is 0.765 bits per heavy atom. The number of nitrogens with zero attached hydrogens (tertiary/aromatic N) is 12. The van der Waals surface area contributed by atoms with Gasteiger partial charge in [0.15, 0.2) is 23.3 Å². The number of carbonyl (C=O) groups excluding carboxylic acids is 5. The molecule has 7 aliphatic carbocycles. The van der Waals surface area contributed by atoms with Gasteiger partial charge in [0.25, 0.3) is 30.1 Å². The van der Waals surface area contributed by atoms with E-state index in [1.165, 1.54) is 143 Å². The summed E-state index contributed by atoms with van der Waals surface area (Å²) in [5.74, 6) is 2.77. The number of carboxylic acids is 1. The van der Waals surface area contributed by atoms with Gasteiger partial charge in [-0.3, -0.25) is 28.8 Å². The third-order valence-electron chi connectivity index (χ3n) is 30.3. The molecule has 818 valence electrons.